The van der Waals surface area contributed by atoms with E-state index in [2.05, 4.69) is 4.72 Å². The molecule has 1 atom stereocenters. The third-order valence-electron chi connectivity index (χ3n) is 5.38. The standard InChI is InChI=1S/C25H24N2O8S/c1-32-18-9-7-17(8-10-18)26-36(30,31)20-13-11-19(12-14-20)34-16-24(28)27-15-23(25(29)33-2)35-22-6-4-3-5-21(22)27/h3-14,23,26H,15-16H2,1-2H3. The van der Waals surface area contributed by atoms with Crippen molar-refractivity contribution < 1.29 is 37.0 Å². The summed E-state index contributed by atoms with van der Waals surface area (Å²) in [4.78, 5) is 26.4. The maximum absolute atomic E-state index is 12.9. The second-order valence-electron chi connectivity index (χ2n) is 7.70. The topological polar surface area (TPSA) is 120 Å². The number of hydrogen-bond donors (Lipinski definition) is 1. The van der Waals surface area contributed by atoms with E-state index in [1.165, 1.54) is 43.4 Å². The highest BCUT2D eigenvalue weighted by Gasteiger charge is 2.34. The molecule has 3 aromatic carbocycles. The molecule has 188 valence electrons. The van der Waals surface area contributed by atoms with E-state index < -0.39 is 28.0 Å². The number of esters is 1. The highest BCUT2D eigenvalue weighted by atomic mass is 32.2. The number of fused-ring (bicyclic) bond motifs is 1. The molecule has 1 aliphatic rings. The molecular formula is C25H24N2O8S. The summed E-state index contributed by atoms with van der Waals surface area (Å²) in [7, 11) is -1.06. The molecule has 1 amide bonds. The van der Waals surface area contributed by atoms with Crippen molar-refractivity contribution in [2.45, 2.75) is 11.0 Å². The van der Waals surface area contributed by atoms with Gasteiger partial charge in [0, 0.05) is 5.69 Å². The zero-order valence-corrected chi connectivity index (χ0v) is 20.4. The number of nitrogens with one attached hydrogen (secondary N) is 1. The van der Waals surface area contributed by atoms with Crippen molar-refractivity contribution in [3.8, 4) is 17.2 Å². The van der Waals surface area contributed by atoms with E-state index in [0.717, 1.165) is 0 Å². The van der Waals surface area contributed by atoms with E-state index >= 15 is 0 Å². The van der Waals surface area contributed by atoms with Crippen molar-refractivity contribution in [3.05, 3.63) is 72.8 Å². The molecule has 36 heavy (non-hydrogen) atoms. The van der Waals surface area contributed by atoms with E-state index in [1.807, 2.05) is 0 Å². The van der Waals surface area contributed by atoms with Crippen LogP contribution in [0.25, 0.3) is 0 Å². The molecule has 1 N–H and O–H groups in total. The first kappa shape index (κ1) is 24.9. The van der Waals surface area contributed by atoms with Crippen LogP contribution >= 0.6 is 0 Å². The Morgan fingerprint density at radius 3 is 2.31 bits per heavy atom. The van der Waals surface area contributed by atoms with Gasteiger partial charge >= 0.3 is 5.97 Å². The van der Waals surface area contributed by atoms with Gasteiger partial charge in [-0.1, -0.05) is 12.1 Å². The summed E-state index contributed by atoms with van der Waals surface area (Å²) < 4.78 is 48.9. The summed E-state index contributed by atoms with van der Waals surface area (Å²) in [5.41, 5.74) is 0.898. The second kappa shape index (κ2) is 10.6. The predicted molar refractivity (Wildman–Crippen MR) is 131 cm³/mol. The highest BCUT2D eigenvalue weighted by Crippen LogP contribution is 2.33. The number of carbonyl (C=O) groups excluding carboxylic acids is 2. The zero-order valence-electron chi connectivity index (χ0n) is 19.5. The van der Waals surface area contributed by atoms with Crippen LogP contribution in [-0.2, 0) is 24.3 Å². The van der Waals surface area contributed by atoms with Crippen molar-refractivity contribution >= 4 is 33.3 Å². The smallest absolute Gasteiger partial charge is 0.348 e. The molecule has 0 spiro atoms. The van der Waals surface area contributed by atoms with Crippen LogP contribution in [0.4, 0.5) is 11.4 Å². The minimum Gasteiger partial charge on any atom is -0.497 e. The SMILES string of the molecule is COC(=O)C1CN(C(=O)COc2ccc(S(=O)(=O)Nc3ccc(OC)cc3)cc2)c2ccccc2O1. The number of anilines is 2. The van der Waals surface area contributed by atoms with Crippen LogP contribution in [0.15, 0.2) is 77.7 Å². The van der Waals surface area contributed by atoms with Crippen LogP contribution in [0, 0.1) is 0 Å². The molecule has 0 aromatic heterocycles. The van der Waals surface area contributed by atoms with E-state index in [0.29, 0.717) is 28.6 Å². The van der Waals surface area contributed by atoms with Gasteiger partial charge in [-0.2, -0.15) is 0 Å². The normalized spacial score (nSPS) is 14.7. The fourth-order valence-corrected chi connectivity index (χ4v) is 4.59. The number of amides is 1. The molecule has 4 rings (SSSR count). The third-order valence-corrected chi connectivity index (χ3v) is 6.77. The number of carbonyl (C=O) groups is 2. The summed E-state index contributed by atoms with van der Waals surface area (Å²) in [6, 6.07) is 19.0. The lowest BCUT2D eigenvalue weighted by Crippen LogP contribution is -2.48. The van der Waals surface area contributed by atoms with Gasteiger partial charge in [-0.3, -0.25) is 9.52 Å². The zero-order chi connectivity index (χ0) is 25.7. The van der Waals surface area contributed by atoms with Gasteiger partial charge < -0.3 is 23.8 Å². The van der Waals surface area contributed by atoms with Crippen LogP contribution in [0.3, 0.4) is 0 Å². The molecule has 0 bridgehead atoms. The number of para-hydroxylation sites is 2. The lowest BCUT2D eigenvalue weighted by Gasteiger charge is -2.33. The third kappa shape index (κ3) is 5.52. The highest BCUT2D eigenvalue weighted by molar-refractivity contribution is 7.92. The van der Waals surface area contributed by atoms with E-state index in [4.69, 9.17) is 18.9 Å². The van der Waals surface area contributed by atoms with Gasteiger partial charge in [0.2, 0.25) is 6.10 Å². The van der Waals surface area contributed by atoms with Gasteiger partial charge in [-0.05, 0) is 60.7 Å². The Labute approximate surface area is 208 Å². The number of sulfonamides is 1. The molecular weight excluding hydrogens is 488 g/mol. The van der Waals surface area contributed by atoms with Gasteiger partial charge in [0.05, 0.1) is 31.3 Å². The quantitative estimate of drug-likeness (QED) is 0.458. The minimum atomic E-state index is -3.83. The summed E-state index contributed by atoms with van der Waals surface area (Å²) in [5.74, 6) is 0.292. The van der Waals surface area contributed by atoms with Gasteiger partial charge in [-0.25, -0.2) is 13.2 Å². The Kier molecular flexibility index (Phi) is 7.30. The van der Waals surface area contributed by atoms with Gasteiger partial charge in [0.25, 0.3) is 15.9 Å². The average molecular weight is 513 g/mol. The molecule has 11 heteroatoms. The largest absolute Gasteiger partial charge is 0.497 e. The first-order valence-electron chi connectivity index (χ1n) is 10.8. The summed E-state index contributed by atoms with van der Waals surface area (Å²) in [6.45, 7) is -0.363. The summed E-state index contributed by atoms with van der Waals surface area (Å²) >= 11 is 0. The van der Waals surface area contributed by atoms with Crippen molar-refractivity contribution in [2.24, 2.45) is 0 Å². The molecule has 1 unspecified atom stereocenters. The Bertz CT molecular complexity index is 1340. The van der Waals surface area contributed by atoms with E-state index in [9.17, 15) is 18.0 Å². The maximum atomic E-state index is 12.9. The molecule has 1 aliphatic heterocycles. The van der Waals surface area contributed by atoms with E-state index in [-0.39, 0.29) is 18.0 Å². The van der Waals surface area contributed by atoms with Crippen molar-refractivity contribution in [2.75, 3.05) is 37.0 Å². The van der Waals surface area contributed by atoms with Gasteiger partial charge in [0.1, 0.15) is 17.2 Å². The Balaban J connectivity index is 1.41. The lowest BCUT2D eigenvalue weighted by molar-refractivity contribution is -0.148. The monoisotopic (exact) mass is 512 g/mol. The fraction of sp³-hybridized carbons (Fsp3) is 0.200. The van der Waals surface area contributed by atoms with Crippen LogP contribution < -0.4 is 23.8 Å². The van der Waals surface area contributed by atoms with Gasteiger partial charge in [-0.15, -0.1) is 0 Å². The lowest BCUT2D eigenvalue weighted by atomic mass is 10.2. The average Bonchev–Trinajstić information content (AvgIpc) is 2.91. The molecule has 0 fully saturated rings. The first-order chi connectivity index (χ1) is 17.3. The molecule has 10 nitrogen and oxygen atoms in total. The summed E-state index contributed by atoms with van der Waals surface area (Å²) in [5, 5.41) is 0. The van der Waals surface area contributed by atoms with Crippen molar-refractivity contribution in [3.63, 3.8) is 0 Å². The first-order valence-corrected chi connectivity index (χ1v) is 12.3. The molecule has 0 saturated carbocycles. The number of ether oxygens (including phenoxy) is 4. The number of nitrogens with zero attached hydrogens (tertiary/aromatic N) is 1. The number of methoxy groups -OCH3 is 2. The molecule has 3 aromatic rings. The Morgan fingerprint density at radius 2 is 1.64 bits per heavy atom. The molecule has 0 aliphatic carbocycles. The Hall–Kier alpha value is -4.25. The predicted octanol–water partition coefficient (Wildman–Crippen LogP) is 2.84. The molecule has 1 heterocycles. The van der Waals surface area contributed by atoms with Crippen LogP contribution in [0.5, 0.6) is 17.2 Å². The van der Waals surface area contributed by atoms with Crippen LogP contribution in [0.2, 0.25) is 0 Å². The van der Waals surface area contributed by atoms with Crippen molar-refractivity contribution in [1.29, 1.82) is 0 Å². The number of hydrogen-bond acceptors (Lipinski definition) is 8. The Morgan fingerprint density at radius 1 is 0.972 bits per heavy atom. The molecule has 0 saturated heterocycles. The maximum Gasteiger partial charge on any atom is 0.348 e. The van der Waals surface area contributed by atoms with E-state index in [1.54, 1.807) is 48.5 Å². The number of rotatable bonds is 8. The summed E-state index contributed by atoms with van der Waals surface area (Å²) in [6.07, 6.45) is -0.962. The fourth-order valence-electron chi connectivity index (χ4n) is 3.54. The van der Waals surface area contributed by atoms with Crippen molar-refractivity contribution in [1.82, 2.24) is 0 Å². The van der Waals surface area contributed by atoms with Crippen LogP contribution in [0.1, 0.15) is 0 Å². The van der Waals surface area contributed by atoms with Gasteiger partial charge in [0.15, 0.2) is 6.61 Å². The molecule has 0 radical (unpaired) electrons. The second-order valence-corrected chi connectivity index (χ2v) is 9.38. The van der Waals surface area contributed by atoms with Crippen LogP contribution in [-0.4, -0.2) is 53.8 Å². The minimum absolute atomic E-state index is 0.0277. The number of benzene rings is 3.